The highest BCUT2D eigenvalue weighted by Gasteiger charge is 2.26. The van der Waals surface area contributed by atoms with Crippen LogP contribution in [0.3, 0.4) is 0 Å². The van der Waals surface area contributed by atoms with E-state index in [9.17, 15) is 19.5 Å². The van der Waals surface area contributed by atoms with Crippen molar-refractivity contribution in [2.45, 2.75) is 19.8 Å². The average molecular weight is 366 g/mol. The molecule has 8 nitrogen and oxygen atoms in total. The van der Waals surface area contributed by atoms with Gasteiger partial charge in [0.2, 0.25) is 0 Å². The van der Waals surface area contributed by atoms with Crippen molar-refractivity contribution in [1.82, 2.24) is 10.0 Å². The number of hydrogen-bond donors (Lipinski definition) is 2. The number of nitrogens with zero attached hydrogens (tertiary/aromatic N) is 1. The number of ether oxygens (including phenoxy) is 1. The van der Waals surface area contributed by atoms with Crippen molar-refractivity contribution in [2.24, 2.45) is 5.92 Å². The molecule has 0 bridgehead atoms. The molecule has 0 radical (unpaired) electrons. The monoisotopic (exact) mass is 366 g/mol. The lowest BCUT2D eigenvalue weighted by molar-refractivity contribution is -0.141. The van der Waals surface area contributed by atoms with Crippen LogP contribution in [-0.4, -0.2) is 41.5 Å². The van der Waals surface area contributed by atoms with Crippen molar-refractivity contribution in [3.8, 4) is 5.75 Å². The standard InChI is InChI=1S/C16H18N2O6S/c1-2-23-11(19)7-17-15(21)12-13(20)14-10(5-6-25-14)18(16(12)22)24-8-9-3-4-9/h5-6,9,20H,2-4,7-8H2,1H3,(H,17,21). The summed E-state index contributed by atoms with van der Waals surface area (Å²) >= 11 is 1.19. The van der Waals surface area contributed by atoms with Crippen LogP contribution in [-0.2, 0) is 9.53 Å². The summed E-state index contributed by atoms with van der Waals surface area (Å²) in [5, 5.41) is 14.3. The maximum absolute atomic E-state index is 12.7. The lowest BCUT2D eigenvalue weighted by Crippen LogP contribution is -2.38. The van der Waals surface area contributed by atoms with Crippen molar-refractivity contribution in [2.75, 3.05) is 19.8 Å². The molecule has 1 aliphatic rings. The summed E-state index contributed by atoms with van der Waals surface area (Å²) in [5.41, 5.74) is -0.796. The Morgan fingerprint density at radius 1 is 1.44 bits per heavy atom. The summed E-state index contributed by atoms with van der Waals surface area (Å²) in [6.45, 7) is 1.81. The molecule has 1 aliphatic carbocycles. The number of pyridine rings is 1. The maximum Gasteiger partial charge on any atom is 0.325 e. The Hall–Kier alpha value is -2.55. The fourth-order valence-corrected chi connectivity index (χ4v) is 3.13. The van der Waals surface area contributed by atoms with Gasteiger partial charge in [-0.2, -0.15) is 0 Å². The van der Waals surface area contributed by atoms with E-state index >= 15 is 0 Å². The highest BCUT2D eigenvalue weighted by atomic mass is 32.1. The topological polar surface area (TPSA) is 107 Å². The second-order valence-corrected chi connectivity index (χ2v) is 6.60. The van der Waals surface area contributed by atoms with E-state index in [2.05, 4.69) is 5.32 Å². The smallest absolute Gasteiger partial charge is 0.325 e. The van der Waals surface area contributed by atoms with Gasteiger partial charge in [-0.05, 0) is 37.1 Å². The Labute approximate surface area is 146 Å². The van der Waals surface area contributed by atoms with Gasteiger partial charge >= 0.3 is 5.97 Å². The van der Waals surface area contributed by atoms with E-state index in [1.165, 1.54) is 11.3 Å². The molecule has 0 unspecified atom stereocenters. The first-order valence-corrected chi connectivity index (χ1v) is 8.83. The minimum atomic E-state index is -0.852. The van der Waals surface area contributed by atoms with Gasteiger partial charge in [0.05, 0.1) is 11.3 Å². The summed E-state index contributed by atoms with van der Waals surface area (Å²) in [6, 6.07) is 1.65. The number of carbonyl (C=O) groups excluding carboxylic acids is 2. The Morgan fingerprint density at radius 3 is 2.88 bits per heavy atom. The molecular formula is C16H18N2O6S. The van der Waals surface area contributed by atoms with Crippen molar-refractivity contribution in [3.63, 3.8) is 0 Å². The fourth-order valence-electron chi connectivity index (χ4n) is 2.32. The summed E-state index contributed by atoms with van der Waals surface area (Å²) in [5.74, 6) is -1.48. The van der Waals surface area contributed by atoms with Gasteiger partial charge < -0.3 is 20.0 Å². The average Bonchev–Trinajstić information content (AvgIpc) is 3.27. The highest BCUT2D eigenvalue weighted by Crippen LogP contribution is 2.32. The van der Waals surface area contributed by atoms with Crippen LogP contribution in [0.15, 0.2) is 16.2 Å². The number of amides is 1. The maximum atomic E-state index is 12.7. The van der Waals surface area contributed by atoms with Crippen molar-refractivity contribution >= 4 is 33.4 Å². The van der Waals surface area contributed by atoms with Crippen LogP contribution < -0.4 is 15.7 Å². The predicted molar refractivity (Wildman–Crippen MR) is 90.9 cm³/mol. The van der Waals surface area contributed by atoms with Crippen molar-refractivity contribution in [1.29, 1.82) is 0 Å². The molecule has 0 saturated heterocycles. The molecule has 1 fully saturated rings. The molecular weight excluding hydrogens is 348 g/mol. The molecule has 1 saturated carbocycles. The Morgan fingerprint density at radius 2 is 2.20 bits per heavy atom. The summed E-state index contributed by atoms with van der Waals surface area (Å²) in [6.07, 6.45) is 2.10. The summed E-state index contributed by atoms with van der Waals surface area (Å²) < 4.78 is 6.14. The van der Waals surface area contributed by atoms with E-state index in [4.69, 9.17) is 9.57 Å². The van der Waals surface area contributed by atoms with Gasteiger partial charge in [-0.3, -0.25) is 14.4 Å². The Balaban J connectivity index is 1.91. The molecule has 0 aromatic carbocycles. The number of rotatable bonds is 7. The van der Waals surface area contributed by atoms with E-state index in [0.717, 1.165) is 17.6 Å². The molecule has 9 heteroatoms. The number of thiophene rings is 1. The first-order chi connectivity index (χ1) is 12.0. The second-order valence-electron chi connectivity index (χ2n) is 5.68. The molecule has 2 N–H and O–H groups in total. The lowest BCUT2D eigenvalue weighted by Gasteiger charge is -2.13. The number of aromatic hydroxyl groups is 1. The van der Waals surface area contributed by atoms with Crippen LogP contribution in [0.25, 0.3) is 10.2 Å². The van der Waals surface area contributed by atoms with Crippen molar-refractivity contribution < 1.29 is 24.3 Å². The van der Waals surface area contributed by atoms with Crippen LogP contribution in [0.2, 0.25) is 0 Å². The van der Waals surface area contributed by atoms with Gasteiger partial charge in [-0.25, -0.2) is 0 Å². The number of nitrogens with one attached hydrogen (secondary N) is 1. The first-order valence-electron chi connectivity index (χ1n) is 7.95. The molecule has 0 atom stereocenters. The number of esters is 1. The van der Waals surface area contributed by atoms with Crippen LogP contribution in [0, 0.1) is 5.92 Å². The number of aromatic nitrogens is 1. The third-order valence-electron chi connectivity index (χ3n) is 3.78. The molecule has 2 aromatic rings. The van der Waals surface area contributed by atoms with Gasteiger partial charge in [0.1, 0.15) is 18.7 Å². The zero-order valence-corrected chi connectivity index (χ0v) is 14.4. The normalized spacial score (nSPS) is 13.6. The minimum absolute atomic E-state index is 0.183. The zero-order chi connectivity index (χ0) is 18.0. The second kappa shape index (κ2) is 7.14. The van der Waals surface area contributed by atoms with Crippen LogP contribution in [0.1, 0.15) is 30.1 Å². The third-order valence-corrected chi connectivity index (χ3v) is 4.69. The largest absolute Gasteiger partial charge is 0.505 e. The SMILES string of the molecule is CCOC(=O)CNC(=O)c1c(O)c2sccc2n(OCC2CC2)c1=O. The van der Waals surface area contributed by atoms with Crippen LogP contribution >= 0.6 is 11.3 Å². The predicted octanol–water partition coefficient (Wildman–Crippen LogP) is 0.900. The quantitative estimate of drug-likeness (QED) is 0.705. The van der Waals surface area contributed by atoms with E-state index < -0.39 is 35.3 Å². The van der Waals surface area contributed by atoms with E-state index in [-0.39, 0.29) is 6.61 Å². The highest BCUT2D eigenvalue weighted by molar-refractivity contribution is 7.17. The minimum Gasteiger partial charge on any atom is -0.505 e. The molecule has 2 aromatic heterocycles. The first kappa shape index (κ1) is 17.3. The Bertz CT molecular complexity index is 867. The molecule has 134 valence electrons. The van der Waals surface area contributed by atoms with Gasteiger partial charge in [0, 0.05) is 0 Å². The van der Waals surface area contributed by atoms with Crippen LogP contribution in [0.4, 0.5) is 0 Å². The molecule has 2 heterocycles. The Kier molecular flexibility index (Phi) is 4.93. The third kappa shape index (κ3) is 3.60. The number of carbonyl (C=O) groups is 2. The van der Waals surface area contributed by atoms with Gasteiger partial charge in [0.25, 0.3) is 11.5 Å². The summed E-state index contributed by atoms with van der Waals surface area (Å²) in [7, 11) is 0. The zero-order valence-electron chi connectivity index (χ0n) is 13.6. The molecule has 1 amide bonds. The summed E-state index contributed by atoms with van der Waals surface area (Å²) in [4.78, 5) is 41.9. The molecule has 3 rings (SSSR count). The molecule has 25 heavy (non-hydrogen) atoms. The van der Waals surface area contributed by atoms with Crippen molar-refractivity contribution in [3.05, 3.63) is 27.4 Å². The van der Waals surface area contributed by atoms with Gasteiger partial charge in [-0.1, -0.05) is 0 Å². The van der Waals surface area contributed by atoms with Gasteiger partial charge in [0.15, 0.2) is 11.3 Å². The molecule has 0 spiro atoms. The number of hydrogen-bond acceptors (Lipinski definition) is 7. The van der Waals surface area contributed by atoms with E-state index in [0.29, 0.717) is 22.7 Å². The fraction of sp³-hybridized carbons (Fsp3) is 0.438. The molecule has 0 aliphatic heterocycles. The lowest BCUT2D eigenvalue weighted by atomic mass is 10.2. The van der Waals surface area contributed by atoms with Crippen LogP contribution in [0.5, 0.6) is 5.75 Å². The van der Waals surface area contributed by atoms with Gasteiger partial charge in [-0.15, -0.1) is 16.1 Å². The number of fused-ring (bicyclic) bond motifs is 1. The van der Waals surface area contributed by atoms with E-state index in [1.54, 1.807) is 18.4 Å². The van der Waals surface area contributed by atoms with E-state index in [1.807, 2.05) is 0 Å².